The smallest absolute Gasteiger partial charge is 0.248 e. The monoisotopic (exact) mass is 378 g/mol. The number of rotatable bonds is 2. The molecule has 0 aromatic heterocycles. The van der Waals surface area contributed by atoms with E-state index in [1.165, 1.54) is 11.3 Å². The Labute approximate surface area is 163 Å². The normalized spacial score (nSPS) is 35.9. The van der Waals surface area contributed by atoms with Crippen LogP contribution in [0.5, 0.6) is 0 Å². The van der Waals surface area contributed by atoms with Crippen LogP contribution in [-0.2, 0) is 14.3 Å². The van der Waals surface area contributed by atoms with Gasteiger partial charge in [-0.3, -0.25) is 14.5 Å². The third-order valence-electron chi connectivity index (χ3n) is 7.35. The molecule has 0 aromatic carbocycles. The van der Waals surface area contributed by atoms with Gasteiger partial charge < -0.3 is 14.5 Å². The second-order valence-corrected chi connectivity index (χ2v) is 9.45. The van der Waals surface area contributed by atoms with Gasteiger partial charge in [-0.1, -0.05) is 26.2 Å². The summed E-state index contributed by atoms with van der Waals surface area (Å²) in [5.41, 5.74) is -0.532. The molecule has 2 aliphatic carbocycles. The molecule has 152 valence electrons. The van der Waals surface area contributed by atoms with Crippen molar-refractivity contribution < 1.29 is 19.2 Å². The van der Waals surface area contributed by atoms with Gasteiger partial charge >= 0.3 is 0 Å². The van der Waals surface area contributed by atoms with Crippen molar-refractivity contribution in [2.24, 2.45) is 11.8 Å². The lowest BCUT2D eigenvalue weighted by Crippen LogP contribution is -3.12. The highest BCUT2D eigenvalue weighted by Gasteiger charge is 2.55. The van der Waals surface area contributed by atoms with Crippen LogP contribution in [0.2, 0.25) is 0 Å². The van der Waals surface area contributed by atoms with Crippen molar-refractivity contribution >= 4 is 11.8 Å². The van der Waals surface area contributed by atoms with E-state index in [9.17, 15) is 9.59 Å². The van der Waals surface area contributed by atoms with Crippen LogP contribution in [0.25, 0.3) is 0 Å². The maximum atomic E-state index is 13.5. The number of nitrogens with one attached hydrogen (secondary N) is 1. The predicted octanol–water partition coefficient (Wildman–Crippen LogP) is 0.667. The summed E-state index contributed by atoms with van der Waals surface area (Å²) < 4.78 is 6.34. The Morgan fingerprint density at radius 3 is 2.41 bits per heavy atom. The first-order chi connectivity index (χ1) is 13.0. The number of ether oxygens (including phenoxy) is 1. The molecule has 4 rings (SSSR count). The number of carbonyl (C=O) groups is 2. The Morgan fingerprint density at radius 2 is 1.74 bits per heavy atom. The molecule has 4 fully saturated rings. The Hall–Kier alpha value is -1.14. The van der Waals surface area contributed by atoms with Gasteiger partial charge in [-0.2, -0.15) is 0 Å². The maximum Gasteiger partial charge on any atom is 0.248 e. The maximum absolute atomic E-state index is 13.5. The standard InChI is InChI=1S/C21H35N3O3/c1-16-6-5-9-21(14-16)24(19(25)17-7-3-4-8-17)18(15-27-21)20(26)23-12-10-22(2)11-13-23/h16-18H,3-15H2,1-2H3/p+1/t16-,18-,21-/m0/s1. The van der Waals surface area contributed by atoms with E-state index < -0.39 is 11.8 Å². The fourth-order valence-electron chi connectivity index (χ4n) is 5.71. The minimum atomic E-state index is -0.532. The number of amides is 2. The molecular weight excluding hydrogens is 342 g/mol. The van der Waals surface area contributed by atoms with E-state index in [2.05, 4.69) is 14.0 Å². The molecule has 0 radical (unpaired) electrons. The summed E-state index contributed by atoms with van der Waals surface area (Å²) in [6.07, 6.45) is 8.24. The fourth-order valence-corrected chi connectivity index (χ4v) is 5.71. The highest BCUT2D eigenvalue weighted by Crippen LogP contribution is 2.44. The zero-order chi connectivity index (χ0) is 19.0. The Morgan fingerprint density at radius 1 is 1.04 bits per heavy atom. The molecule has 0 bridgehead atoms. The minimum absolute atomic E-state index is 0.0908. The van der Waals surface area contributed by atoms with Gasteiger partial charge in [0.2, 0.25) is 11.8 Å². The van der Waals surface area contributed by atoms with Gasteiger partial charge in [-0.25, -0.2) is 0 Å². The van der Waals surface area contributed by atoms with Crippen LogP contribution >= 0.6 is 0 Å². The van der Waals surface area contributed by atoms with Crippen LogP contribution < -0.4 is 4.90 Å². The van der Waals surface area contributed by atoms with E-state index in [0.717, 1.165) is 71.1 Å². The highest BCUT2D eigenvalue weighted by atomic mass is 16.5. The van der Waals surface area contributed by atoms with E-state index in [1.807, 2.05) is 9.80 Å². The first-order valence-corrected chi connectivity index (χ1v) is 11.1. The second-order valence-electron chi connectivity index (χ2n) is 9.45. The van der Waals surface area contributed by atoms with E-state index >= 15 is 0 Å². The van der Waals surface area contributed by atoms with Gasteiger partial charge in [-0.05, 0) is 38.0 Å². The summed E-state index contributed by atoms with van der Waals surface area (Å²) in [6, 6.07) is -0.415. The number of nitrogens with zero attached hydrogens (tertiary/aromatic N) is 2. The minimum Gasteiger partial charge on any atom is -0.353 e. The molecular formula is C21H36N3O3+. The van der Waals surface area contributed by atoms with Crippen molar-refractivity contribution in [1.29, 1.82) is 0 Å². The van der Waals surface area contributed by atoms with Crippen molar-refractivity contribution in [3.8, 4) is 0 Å². The average molecular weight is 379 g/mol. The lowest BCUT2D eigenvalue weighted by atomic mass is 9.82. The molecule has 3 atom stereocenters. The molecule has 27 heavy (non-hydrogen) atoms. The lowest BCUT2D eigenvalue weighted by molar-refractivity contribution is -0.883. The average Bonchev–Trinajstić information content (AvgIpc) is 3.30. The molecule has 2 amide bonds. The van der Waals surface area contributed by atoms with E-state index in [-0.39, 0.29) is 17.7 Å². The number of piperazine rings is 1. The van der Waals surface area contributed by atoms with Crippen molar-refractivity contribution in [2.75, 3.05) is 39.8 Å². The van der Waals surface area contributed by atoms with Gasteiger partial charge in [0.25, 0.3) is 0 Å². The molecule has 1 N–H and O–H groups in total. The Bertz CT molecular complexity index is 569. The van der Waals surface area contributed by atoms with E-state index in [4.69, 9.17) is 4.74 Å². The predicted molar refractivity (Wildman–Crippen MR) is 102 cm³/mol. The summed E-state index contributed by atoms with van der Waals surface area (Å²) in [5, 5.41) is 0. The van der Waals surface area contributed by atoms with Crippen molar-refractivity contribution in [1.82, 2.24) is 9.80 Å². The second kappa shape index (κ2) is 7.70. The first-order valence-electron chi connectivity index (χ1n) is 11.1. The van der Waals surface area contributed by atoms with Gasteiger partial charge in [0.15, 0.2) is 0 Å². The van der Waals surface area contributed by atoms with Crippen LogP contribution in [0.4, 0.5) is 0 Å². The van der Waals surface area contributed by atoms with Crippen molar-refractivity contribution in [3.05, 3.63) is 0 Å². The van der Waals surface area contributed by atoms with Crippen LogP contribution in [0.1, 0.15) is 58.3 Å². The molecule has 4 aliphatic rings. The molecule has 2 aliphatic heterocycles. The van der Waals surface area contributed by atoms with Gasteiger partial charge in [0, 0.05) is 5.92 Å². The molecule has 0 aromatic rings. The summed E-state index contributed by atoms with van der Waals surface area (Å²) >= 11 is 0. The summed E-state index contributed by atoms with van der Waals surface area (Å²) in [4.78, 5) is 32.3. The fraction of sp³-hybridized carbons (Fsp3) is 0.905. The lowest BCUT2D eigenvalue weighted by Gasteiger charge is -2.45. The van der Waals surface area contributed by atoms with E-state index in [1.54, 1.807) is 0 Å². The number of quaternary nitrogens is 1. The molecule has 2 saturated carbocycles. The molecule has 1 spiro atoms. The van der Waals surface area contributed by atoms with Crippen LogP contribution in [0.3, 0.4) is 0 Å². The van der Waals surface area contributed by atoms with Gasteiger partial charge in [0.05, 0.1) is 39.8 Å². The van der Waals surface area contributed by atoms with Gasteiger partial charge in [-0.15, -0.1) is 0 Å². The largest absolute Gasteiger partial charge is 0.353 e. The van der Waals surface area contributed by atoms with Crippen LogP contribution in [-0.4, -0.2) is 73.2 Å². The van der Waals surface area contributed by atoms with Crippen LogP contribution in [0, 0.1) is 11.8 Å². The topological polar surface area (TPSA) is 54.3 Å². The summed E-state index contributed by atoms with van der Waals surface area (Å²) in [6.45, 7) is 6.17. The summed E-state index contributed by atoms with van der Waals surface area (Å²) in [7, 11) is 2.18. The number of likely N-dealkylation sites (N-methyl/N-ethyl adjacent to an activating group) is 1. The SMILES string of the molecule is C[C@H]1CCC[C@@]2(C1)OC[C@@H](C(=O)N1CC[NH+](C)CC1)N2C(=O)C1CCCC1. The third-order valence-corrected chi connectivity index (χ3v) is 7.35. The third kappa shape index (κ3) is 3.63. The number of hydrogen-bond donors (Lipinski definition) is 1. The molecule has 2 heterocycles. The number of carbonyl (C=O) groups excluding carboxylic acids is 2. The molecule has 6 nitrogen and oxygen atoms in total. The zero-order valence-electron chi connectivity index (χ0n) is 17.0. The van der Waals surface area contributed by atoms with Gasteiger partial charge in [0.1, 0.15) is 11.8 Å². The quantitative estimate of drug-likeness (QED) is 0.768. The van der Waals surface area contributed by atoms with Crippen LogP contribution in [0.15, 0.2) is 0 Å². The molecule has 0 unspecified atom stereocenters. The number of hydrogen-bond acceptors (Lipinski definition) is 3. The highest BCUT2D eigenvalue weighted by molar-refractivity contribution is 5.90. The first kappa shape index (κ1) is 19.2. The Kier molecular flexibility index (Phi) is 5.48. The van der Waals surface area contributed by atoms with E-state index in [0.29, 0.717) is 12.5 Å². The zero-order valence-corrected chi connectivity index (χ0v) is 17.0. The van der Waals surface area contributed by atoms with Crippen molar-refractivity contribution in [3.63, 3.8) is 0 Å². The molecule has 6 heteroatoms. The molecule has 2 saturated heterocycles. The Balaban J connectivity index is 1.57. The summed E-state index contributed by atoms with van der Waals surface area (Å²) in [5.74, 6) is 0.938. The van der Waals surface area contributed by atoms with Crippen molar-refractivity contribution in [2.45, 2.75) is 70.1 Å².